The third-order valence-corrected chi connectivity index (χ3v) is 3.96. The van der Waals surface area contributed by atoms with Crippen molar-refractivity contribution in [2.75, 3.05) is 26.2 Å². The van der Waals surface area contributed by atoms with Crippen LogP contribution in [0.15, 0.2) is 11.4 Å². The maximum absolute atomic E-state index is 12.3. The van der Waals surface area contributed by atoms with Crippen LogP contribution in [0.1, 0.15) is 22.2 Å². The fourth-order valence-electron chi connectivity index (χ4n) is 1.99. The third-order valence-electron chi connectivity index (χ3n) is 3.01. The minimum absolute atomic E-state index is 0.0160. The number of morpholine rings is 1. The smallest absolute Gasteiger partial charge is 0.264 e. The Balaban J connectivity index is 2.09. The van der Waals surface area contributed by atoms with Crippen LogP contribution in [0, 0.1) is 0 Å². The van der Waals surface area contributed by atoms with Gasteiger partial charge in [-0.1, -0.05) is 6.92 Å². The molecule has 1 aromatic rings. The summed E-state index contributed by atoms with van der Waals surface area (Å²) in [4.78, 5) is 15.1. The van der Waals surface area contributed by atoms with Gasteiger partial charge in [-0.15, -0.1) is 11.3 Å². The first-order valence-electron chi connectivity index (χ1n) is 5.93. The van der Waals surface area contributed by atoms with Gasteiger partial charge in [0.15, 0.2) is 0 Å². The first kappa shape index (κ1) is 12.5. The van der Waals surface area contributed by atoms with Crippen molar-refractivity contribution >= 4 is 17.2 Å². The van der Waals surface area contributed by atoms with Gasteiger partial charge in [-0.3, -0.25) is 4.79 Å². The van der Waals surface area contributed by atoms with E-state index in [-0.39, 0.29) is 12.0 Å². The summed E-state index contributed by atoms with van der Waals surface area (Å²) in [5.41, 5.74) is 6.72. The number of amides is 1. The molecule has 2 heterocycles. The highest BCUT2D eigenvalue weighted by Gasteiger charge is 2.25. The Bertz CT molecular complexity index is 392. The molecule has 1 aliphatic heterocycles. The van der Waals surface area contributed by atoms with Crippen molar-refractivity contribution in [3.63, 3.8) is 0 Å². The molecule has 2 N–H and O–H groups in total. The highest BCUT2D eigenvalue weighted by Crippen LogP contribution is 2.20. The Morgan fingerprint density at radius 3 is 3.24 bits per heavy atom. The van der Waals surface area contributed by atoms with Gasteiger partial charge in [-0.25, -0.2) is 0 Å². The predicted octanol–water partition coefficient (Wildman–Crippen LogP) is 1.11. The van der Waals surface area contributed by atoms with E-state index in [0.717, 1.165) is 16.9 Å². The number of hydrogen-bond donors (Lipinski definition) is 1. The summed E-state index contributed by atoms with van der Waals surface area (Å²) in [5, 5.41) is 1.98. The fourth-order valence-corrected chi connectivity index (χ4v) is 2.95. The zero-order valence-electron chi connectivity index (χ0n) is 10.0. The summed E-state index contributed by atoms with van der Waals surface area (Å²) in [5.74, 6) is 0.124. The number of nitrogens with two attached hydrogens (primary N) is 1. The Labute approximate surface area is 105 Å². The van der Waals surface area contributed by atoms with Crippen LogP contribution in [-0.4, -0.2) is 43.2 Å². The first-order chi connectivity index (χ1) is 8.26. The molecule has 17 heavy (non-hydrogen) atoms. The second kappa shape index (κ2) is 5.62. The topological polar surface area (TPSA) is 55.6 Å². The van der Waals surface area contributed by atoms with Crippen LogP contribution in [0.4, 0.5) is 0 Å². The largest absolute Gasteiger partial charge is 0.373 e. The van der Waals surface area contributed by atoms with Crippen LogP contribution in [-0.2, 0) is 11.2 Å². The van der Waals surface area contributed by atoms with Crippen molar-refractivity contribution in [3.05, 3.63) is 21.9 Å². The minimum Gasteiger partial charge on any atom is -0.373 e. The molecule has 1 aliphatic rings. The molecule has 1 amide bonds. The second-order valence-corrected chi connectivity index (χ2v) is 5.02. The molecule has 4 nitrogen and oxygen atoms in total. The molecule has 0 spiro atoms. The van der Waals surface area contributed by atoms with Crippen molar-refractivity contribution in [1.29, 1.82) is 0 Å². The van der Waals surface area contributed by atoms with Gasteiger partial charge in [0.2, 0.25) is 0 Å². The molecular weight excluding hydrogens is 236 g/mol. The van der Waals surface area contributed by atoms with E-state index in [1.165, 1.54) is 11.3 Å². The summed E-state index contributed by atoms with van der Waals surface area (Å²) in [7, 11) is 0. The molecular formula is C12H18N2O2S. The highest BCUT2D eigenvalue weighted by molar-refractivity contribution is 7.12. The zero-order chi connectivity index (χ0) is 12.3. The van der Waals surface area contributed by atoms with Gasteiger partial charge in [0.05, 0.1) is 17.6 Å². The van der Waals surface area contributed by atoms with Crippen molar-refractivity contribution in [3.8, 4) is 0 Å². The molecule has 5 heteroatoms. The van der Waals surface area contributed by atoms with Gasteiger partial charge in [0.25, 0.3) is 5.91 Å². The van der Waals surface area contributed by atoms with Gasteiger partial charge in [0.1, 0.15) is 0 Å². The molecule has 0 aliphatic carbocycles. The van der Waals surface area contributed by atoms with Crippen LogP contribution >= 0.6 is 11.3 Å². The second-order valence-electron chi connectivity index (χ2n) is 4.11. The van der Waals surface area contributed by atoms with E-state index >= 15 is 0 Å². The Morgan fingerprint density at radius 1 is 1.71 bits per heavy atom. The summed E-state index contributed by atoms with van der Waals surface area (Å²) in [6.07, 6.45) is 0.882. The van der Waals surface area contributed by atoms with E-state index in [4.69, 9.17) is 10.5 Å². The highest BCUT2D eigenvalue weighted by atomic mass is 32.1. The lowest BCUT2D eigenvalue weighted by molar-refractivity contribution is -0.0166. The minimum atomic E-state index is -0.0160. The SMILES string of the molecule is CCc1ccsc1C(=O)N1CCOC(CN)C1. The third kappa shape index (κ3) is 2.68. The van der Waals surface area contributed by atoms with Gasteiger partial charge in [-0.05, 0) is 23.4 Å². The Kier molecular flexibility index (Phi) is 4.15. The summed E-state index contributed by atoms with van der Waals surface area (Å²) >= 11 is 1.52. The number of aryl methyl sites for hydroxylation is 1. The van der Waals surface area contributed by atoms with E-state index in [1.54, 1.807) is 0 Å². The normalized spacial score (nSPS) is 20.6. The molecule has 2 rings (SSSR count). The van der Waals surface area contributed by atoms with Crippen molar-refractivity contribution < 1.29 is 9.53 Å². The molecule has 1 saturated heterocycles. The van der Waals surface area contributed by atoms with Crippen molar-refractivity contribution in [1.82, 2.24) is 4.90 Å². The number of nitrogens with zero attached hydrogens (tertiary/aromatic N) is 1. The van der Waals surface area contributed by atoms with Crippen LogP contribution in [0.25, 0.3) is 0 Å². The molecule has 94 valence electrons. The van der Waals surface area contributed by atoms with Gasteiger partial charge in [-0.2, -0.15) is 0 Å². The number of thiophene rings is 1. The maximum atomic E-state index is 12.3. The fraction of sp³-hybridized carbons (Fsp3) is 0.583. The van der Waals surface area contributed by atoms with Crippen LogP contribution < -0.4 is 5.73 Å². The van der Waals surface area contributed by atoms with Crippen molar-refractivity contribution in [2.45, 2.75) is 19.4 Å². The number of rotatable bonds is 3. The van der Waals surface area contributed by atoms with E-state index in [2.05, 4.69) is 6.92 Å². The molecule has 0 aromatic carbocycles. The van der Waals surface area contributed by atoms with Crippen molar-refractivity contribution in [2.24, 2.45) is 5.73 Å². The van der Waals surface area contributed by atoms with E-state index in [1.807, 2.05) is 16.3 Å². The lowest BCUT2D eigenvalue weighted by atomic mass is 10.2. The molecule has 1 unspecified atom stereocenters. The lowest BCUT2D eigenvalue weighted by Crippen LogP contribution is -2.48. The van der Waals surface area contributed by atoms with Gasteiger partial charge in [0, 0.05) is 19.6 Å². The number of hydrogen-bond acceptors (Lipinski definition) is 4. The zero-order valence-corrected chi connectivity index (χ0v) is 10.8. The number of ether oxygens (including phenoxy) is 1. The first-order valence-corrected chi connectivity index (χ1v) is 6.81. The molecule has 1 fully saturated rings. The lowest BCUT2D eigenvalue weighted by Gasteiger charge is -2.32. The number of carbonyl (C=O) groups is 1. The summed E-state index contributed by atoms with van der Waals surface area (Å²) in [6.45, 7) is 4.39. The standard InChI is InChI=1S/C12H18N2O2S/c1-2-9-3-6-17-11(9)12(15)14-4-5-16-10(7-13)8-14/h3,6,10H,2,4-5,7-8,13H2,1H3. The van der Waals surface area contributed by atoms with Gasteiger partial charge >= 0.3 is 0 Å². The monoisotopic (exact) mass is 254 g/mol. The molecule has 1 aromatic heterocycles. The average molecular weight is 254 g/mol. The summed E-state index contributed by atoms with van der Waals surface area (Å²) < 4.78 is 5.47. The van der Waals surface area contributed by atoms with E-state index < -0.39 is 0 Å². The van der Waals surface area contributed by atoms with Gasteiger partial charge < -0.3 is 15.4 Å². The number of carbonyl (C=O) groups excluding carboxylic acids is 1. The van der Waals surface area contributed by atoms with E-state index in [0.29, 0.717) is 26.2 Å². The Hall–Kier alpha value is -0.910. The van der Waals surface area contributed by atoms with Crippen LogP contribution in [0.3, 0.4) is 0 Å². The van der Waals surface area contributed by atoms with Crippen LogP contribution in [0.5, 0.6) is 0 Å². The molecule has 0 radical (unpaired) electrons. The quantitative estimate of drug-likeness (QED) is 0.879. The van der Waals surface area contributed by atoms with E-state index in [9.17, 15) is 4.79 Å². The van der Waals surface area contributed by atoms with Crippen LogP contribution in [0.2, 0.25) is 0 Å². The Morgan fingerprint density at radius 2 is 2.53 bits per heavy atom. The average Bonchev–Trinajstić information content (AvgIpc) is 2.86. The predicted molar refractivity (Wildman–Crippen MR) is 68.4 cm³/mol. The molecule has 0 saturated carbocycles. The molecule has 0 bridgehead atoms. The molecule has 1 atom stereocenters. The maximum Gasteiger partial charge on any atom is 0.264 e. The summed E-state index contributed by atoms with van der Waals surface area (Å²) in [6, 6.07) is 2.03.